The van der Waals surface area contributed by atoms with Gasteiger partial charge in [0.05, 0.1) is 12.2 Å². The third-order valence-corrected chi connectivity index (χ3v) is 5.42. The first-order chi connectivity index (χ1) is 11.7. The zero-order valence-corrected chi connectivity index (χ0v) is 15.0. The highest BCUT2D eigenvalue weighted by molar-refractivity contribution is 7.88. The fourth-order valence-electron chi connectivity index (χ4n) is 2.88. The van der Waals surface area contributed by atoms with E-state index in [0.29, 0.717) is 25.9 Å². The Labute approximate surface area is 146 Å². The van der Waals surface area contributed by atoms with E-state index in [0.717, 1.165) is 11.8 Å². The molecule has 25 heavy (non-hydrogen) atoms. The van der Waals surface area contributed by atoms with Crippen LogP contribution in [0.5, 0.6) is 5.75 Å². The van der Waals surface area contributed by atoms with Gasteiger partial charge in [0.2, 0.25) is 15.9 Å². The Hall–Kier alpha value is -1.74. The maximum absolute atomic E-state index is 12.6. The molecule has 0 aliphatic carbocycles. The Bertz CT molecular complexity index is 695. The number of hydrogen-bond donors (Lipinski definition) is 0. The van der Waals surface area contributed by atoms with E-state index in [1.54, 1.807) is 19.2 Å². The second-order valence-corrected chi connectivity index (χ2v) is 8.16. The summed E-state index contributed by atoms with van der Waals surface area (Å²) in [5.41, 5.74) is 0.772. The molecule has 1 aliphatic heterocycles. The third-order valence-electron chi connectivity index (χ3n) is 4.15. The lowest BCUT2D eigenvalue weighted by Gasteiger charge is -2.32. The number of benzene rings is 1. The lowest BCUT2D eigenvalue weighted by atomic mass is 9.98. The van der Waals surface area contributed by atoms with Crippen LogP contribution in [0.15, 0.2) is 24.3 Å². The molecule has 0 N–H and O–H groups in total. The number of carbonyl (C=O) groups excluding carboxylic acids is 1. The van der Waals surface area contributed by atoms with E-state index in [1.807, 2.05) is 0 Å². The van der Waals surface area contributed by atoms with Gasteiger partial charge in [-0.1, -0.05) is 12.1 Å². The van der Waals surface area contributed by atoms with Crippen LogP contribution in [0.4, 0.5) is 8.78 Å². The first-order valence-electron chi connectivity index (χ1n) is 7.90. The Balaban J connectivity index is 1.95. The molecule has 1 atom stereocenters. The predicted molar refractivity (Wildman–Crippen MR) is 88.7 cm³/mol. The molecule has 9 heteroatoms. The number of ether oxygens (including phenoxy) is 1. The van der Waals surface area contributed by atoms with Crippen LogP contribution in [0.2, 0.25) is 0 Å². The molecule has 1 fully saturated rings. The van der Waals surface area contributed by atoms with Gasteiger partial charge in [-0.05, 0) is 30.5 Å². The number of halogens is 2. The summed E-state index contributed by atoms with van der Waals surface area (Å²) in [4.78, 5) is 14.1. The van der Waals surface area contributed by atoms with Crippen molar-refractivity contribution >= 4 is 15.9 Å². The molecule has 0 saturated carbocycles. The Morgan fingerprint density at radius 2 is 2.00 bits per heavy atom. The lowest BCUT2D eigenvalue weighted by molar-refractivity contribution is -0.135. The average molecular weight is 376 g/mol. The first-order valence-corrected chi connectivity index (χ1v) is 9.75. The lowest BCUT2D eigenvalue weighted by Crippen LogP contribution is -2.45. The SMILES string of the molecule is CN(Cc1ccc(OC(F)F)cc1)C(=O)C1CCCN(S(C)(=O)=O)C1. The van der Waals surface area contributed by atoms with Crippen molar-refractivity contribution in [3.63, 3.8) is 0 Å². The van der Waals surface area contributed by atoms with E-state index in [2.05, 4.69) is 4.74 Å². The monoisotopic (exact) mass is 376 g/mol. The zero-order chi connectivity index (χ0) is 18.6. The highest BCUT2D eigenvalue weighted by atomic mass is 32.2. The van der Waals surface area contributed by atoms with Crippen molar-refractivity contribution in [2.75, 3.05) is 26.4 Å². The highest BCUT2D eigenvalue weighted by Crippen LogP contribution is 2.22. The minimum atomic E-state index is -3.30. The predicted octanol–water partition coefficient (Wildman–Crippen LogP) is 1.92. The van der Waals surface area contributed by atoms with Gasteiger partial charge in [0.15, 0.2) is 0 Å². The van der Waals surface area contributed by atoms with Gasteiger partial charge >= 0.3 is 6.61 Å². The minimum Gasteiger partial charge on any atom is -0.435 e. The fraction of sp³-hybridized carbons (Fsp3) is 0.562. The summed E-state index contributed by atoms with van der Waals surface area (Å²) in [5, 5.41) is 0. The summed E-state index contributed by atoms with van der Waals surface area (Å²) >= 11 is 0. The van der Waals surface area contributed by atoms with Crippen molar-refractivity contribution in [1.82, 2.24) is 9.21 Å². The number of hydrogen-bond acceptors (Lipinski definition) is 4. The van der Waals surface area contributed by atoms with Crippen molar-refractivity contribution in [3.05, 3.63) is 29.8 Å². The van der Waals surface area contributed by atoms with Gasteiger partial charge in [0.1, 0.15) is 5.75 Å². The minimum absolute atomic E-state index is 0.0591. The summed E-state index contributed by atoms with van der Waals surface area (Å²) in [5.74, 6) is -0.431. The van der Waals surface area contributed by atoms with E-state index >= 15 is 0 Å². The van der Waals surface area contributed by atoms with Gasteiger partial charge in [0.25, 0.3) is 0 Å². The summed E-state index contributed by atoms with van der Waals surface area (Å²) < 4.78 is 53.2. The molecule has 0 radical (unpaired) electrons. The van der Waals surface area contributed by atoms with Crippen LogP contribution in [0, 0.1) is 5.92 Å². The van der Waals surface area contributed by atoms with Crippen LogP contribution < -0.4 is 4.74 Å². The van der Waals surface area contributed by atoms with E-state index in [-0.39, 0.29) is 24.1 Å². The van der Waals surface area contributed by atoms with Crippen molar-refractivity contribution < 1.29 is 26.7 Å². The molecule has 1 aromatic rings. The first kappa shape index (κ1) is 19.6. The third kappa shape index (κ3) is 5.64. The van der Waals surface area contributed by atoms with Gasteiger partial charge in [-0.2, -0.15) is 8.78 Å². The Morgan fingerprint density at radius 1 is 1.36 bits per heavy atom. The summed E-state index contributed by atoms with van der Waals surface area (Å²) in [6.45, 7) is -1.93. The number of alkyl halides is 2. The largest absolute Gasteiger partial charge is 0.435 e. The van der Waals surface area contributed by atoms with Gasteiger partial charge < -0.3 is 9.64 Å². The number of carbonyl (C=O) groups is 1. The second-order valence-electron chi connectivity index (χ2n) is 6.18. The molecule has 1 saturated heterocycles. The smallest absolute Gasteiger partial charge is 0.387 e. The van der Waals surface area contributed by atoms with Crippen molar-refractivity contribution in [1.29, 1.82) is 0 Å². The Morgan fingerprint density at radius 3 is 2.56 bits per heavy atom. The molecule has 1 amide bonds. The quantitative estimate of drug-likeness (QED) is 0.761. The average Bonchev–Trinajstić information content (AvgIpc) is 2.55. The fourth-order valence-corrected chi connectivity index (χ4v) is 3.80. The summed E-state index contributed by atoms with van der Waals surface area (Å²) in [7, 11) is -1.66. The van der Waals surface area contributed by atoms with Crippen molar-refractivity contribution in [2.24, 2.45) is 5.92 Å². The molecule has 1 aliphatic rings. The number of piperidine rings is 1. The molecular weight excluding hydrogens is 354 g/mol. The maximum Gasteiger partial charge on any atom is 0.387 e. The van der Waals surface area contributed by atoms with Crippen LogP contribution in [0.1, 0.15) is 18.4 Å². The zero-order valence-electron chi connectivity index (χ0n) is 14.2. The van der Waals surface area contributed by atoms with Crippen molar-refractivity contribution in [3.8, 4) is 5.75 Å². The van der Waals surface area contributed by atoms with E-state index < -0.39 is 16.6 Å². The normalized spacial score (nSPS) is 19.0. The number of rotatable bonds is 6. The molecule has 1 aromatic carbocycles. The van der Waals surface area contributed by atoms with Crippen LogP contribution in [0.3, 0.4) is 0 Å². The molecule has 2 rings (SSSR count). The van der Waals surface area contributed by atoms with Crippen molar-refractivity contribution in [2.45, 2.75) is 26.0 Å². The maximum atomic E-state index is 12.6. The standard InChI is InChI=1S/C16H22F2N2O4S/c1-19(10-12-5-7-14(8-6-12)24-16(17)18)15(21)13-4-3-9-20(11-13)25(2,22)23/h5-8,13,16H,3-4,9-11H2,1-2H3. The van der Waals surface area contributed by atoms with Crippen LogP contribution in [-0.2, 0) is 21.4 Å². The van der Waals surface area contributed by atoms with Gasteiger partial charge in [0, 0.05) is 26.7 Å². The topological polar surface area (TPSA) is 66.9 Å². The highest BCUT2D eigenvalue weighted by Gasteiger charge is 2.31. The number of nitrogens with zero attached hydrogens (tertiary/aromatic N) is 2. The molecule has 140 valence electrons. The summed E-state index contributed by atoms with van der Waals surface area (Å²) in [6.07, 6.45) is 2.44. The van der Waals surface area contributed by atoms with Gasteiger partial charge in [-0.15, -0.1) is 0 Å². The number of amides is 1. The van der Waals surface area contributed by atoms with Crippen LogP contribution in [0.25, 0.3) is 0 Å². The van der Waals surface area contributed by atoms with Crippen LogP contribution >= 0.6 is 0 Å². The molecule has 0 spiro atoms. The van der Waals surface area contributed by atoms with Gasteiger partial charge in [-0.3, -0.25) is 4.79 Å². The Kier molecular flexibility index (Phi) is 6.34. The molecule has 1 unspecified atom stereocenters. The van der Waals surface area contributed by atoms with E-state index in [1.165, 1.54) is 21.3 Å². The van der Waals surface area contributed by atoms with E-state index in [9.17, 15) is 22.0 Å². The molecular formula is C16H22F2N2O4S. The second kappa shape index (κ2) is 8.09. The summed E-state index contributed by atoms with van der Waals surface area (Å²) in [6, 6.07) is 6.08. The number of sulfonamides is 1. The van der Waals surface area contributed by atoms with Crippen LogP contribution in [-0.4, -0.2) is 56.5 Å². The van der Waals surface area contributed by atoms with Gasteiger partial charge in [-0.25, -0.2) is 12.7 Å². The molecule has 0 aromatic heterocycles. The molecule has 0 bridgehead atoms. The molecule has 1 heterocycles. The van der Waals surface area contributed by atoms with E-state index in [4.69, 9.17) is 0 Å². The molecule has 6 nitrogen and oxygen atoms in total.